The lowest BCUT2D eigenvalue weighted by atomic mass is 10.2. The van der Waals surface area contributed by atoms with Crippen LogP contribution in [0.5, 0.6) is 5.75 Å². The molecule has 0 aromatic heterocycles. The molecule has 1 aromatic carbocycles. The van der Waals surface area contributed by atoms with Gasteiger partial charge in [0.15, 0.2) is 0 Å². The fraction of sp³-hybridized carbons (Fsp3) is 0.250. The summed E-state index contributed by atoms with van der Waals surface area (Å²) in [5.41, 5.74) is 5.34. The molecule has 0 heterocycles. The molecule has 0 spiro atoms. The van der Waals surface area contributed by atoms with Crippen LogP contribution in [0.25, 0.3) is 0 Å². The number of nitrogens with two attached hydrogens (primary N) is 1. The fourth-order valence-corrected chi connectivity index (χ4v) is 1.08. The van der Waals surface area contributed by atoms with Crippen molar-refractivity contribution in [2.24, 2.45) is 5.73 Å². The second-order valence-corrected chi connectivity index (χ2v) is 3.13. The first kappa shape index (κ1) is 13.0. The molecule has 4 nitrogen and oxygen atoms in total. The summed E-state index contributed by atoms with van der Waals surface area (Å²) in [5, 5.41) is 2.46. The summed E-state index contributed by atoms with van der Waals surface area (Å²) in [6, 6.07) is 4.39. The Kier molecular flexibility index (Phi) is 4.98. The van der Waals surface area contributed by atoms with E-state index in [1.807, 2.05) is 0 Å². The number of nitrogens with one attached hydrogen (secondary N) is 1. The molecule has 0 aliphatic heterocycles. The third-order valence-electron chi connectivity index (χ3n) is 1.96. The average Bonchev–Trinajstić information content (AvgIpc) is 2.35. The first-order valence-corrected chi connectivity index (χ1v) is 4.96. The van der Waals surface area contributed by atoms with Gasteiger partial charge in [0.1, 0.15) is 11.6 Å². The minimum atomic E-state index is -0.456. The molecule has 0 saturated heterocycles. The van der Waals surface area contributed by atoms with Gasteiger partial charge in [-0.3, -0.25) is 4.79 Å². The zero-order valence-electron chi connectivity index (χ0n) is 9.42. The summed E-state index contributed by atoms with van der Waals surface area (Å²) in [4.78, 5) is 10.8. The molecule has 0 radical (unpaired) electrons. The molecule has 0 aliphatic rings. The highest BCUT2D eigenvalue weighted by Crippen LogP contribution is 2.14. The van der Waals surface area contributed by atoms with Crippen molar-refractivity contribution in [3.63, 3.8) is 0 Å². The van der Waals surface area contributed by atoms with Crippen molar-refractivity contribution in [1.82, 2.24) is 5.32 Å². The largest absolute Gasteiger partial charge is 0.497 e. The second kappa shape index (κ2) is 6.51. The van der Waals surface area contributed by atoms with Gasteiger partial charge < -0.3 is 15.8 Å². The minimum Gasteiger partial charge on any atom is -0.497 e. The number of carbonyl (C=O) groups excluding carboxylic acids is 1. The Morgan fingerprint density at radius 3 is 2.94 bits per heavy atom. The van der Waals surface area contributed by atoms with Crippen LogP contribution in [0.3, 0.4) is 0 Å². The number of rotatable bonds is 3. The van der Waals surface area contributed by atoms with Gasteiger partial charge >= 0.3 is 0 Å². The first-order chi connectivity index (χ1) is 8.17. The van der Waals surface area contributed by atoms with Crippen LogP contribution in [0.15, 0.2) is 18.2 Å². The molecule has 3 N–H and O–H groups in total. The lowest BCUT2D eigenvalue weighted by Gasteiger charge is -2.00. The van der Waals surface area contributed by atoms with Crippen LogP contribution in [0.2, 0.25) is 0 Å². The molecule has 5 heteroatoms. The van der Waals surface area contributed by atoms with E-state index in [2.05, 4.69) is 17.2 Å². The molecule has 0 unspecified atom stereocenters. The summed E-state index contributed by atoms with van der Waals surface area (Å²) < 4.78 is 18.3. The number of amides is 1. The number of hydrogen-bond donors (Lipinski definition) is 2. The molecular weight excluding hydrogens is 223 g/mol. The maximum atomic E-state index is 13.4. The van der Waals surface area contributed by atoms with E-state index in [9.17, 15) is 9.18 Å². The van der Waals surface area contributed by atoms with Crippen LogP contribution >= 0.6 is 0 Å². The van der Waals surface area contributed by atoms with Gasteiger partial charge in [-0.05, 0) is 12.1 Å². The Morgan fingerprint density at radius 1 is 1.59 bits per heavy atom. The van der Waals surface area contributed by atoms with Crippen molar-refractivity contribution in [3.8, 4) is 17.6 Å². The summed E-state index contributed by atoms with van der Waals surface area (Å²) in [5.74, 6) is 4.92. The van der Waals surface area contributed by atoms with E-state index in [-0.39, 0.29) is 24.6 Å². The first-order valence-electron chi connectivity index (χ1n) is 4.96. The molecule has 90 valence electrons. The van der Waals surface area contributed by atoms with Crippen molar-refractivity contribution in [3.05, 3.63) is 29.6 Å². The van der Waals surface area contributed by atoms with Gasteiger partial charge in [0.2, 0.25) is 5.91 Å². The quantitative estimate of drug-likeness (QED) is 0.740. The van der Waals surface area contributed by atoms with Gasteiger partial charge in [0, 0.05) is 6.07 Å². The zero-order chi connectivity index (χ0) is 12.7. The van der Waals surface area contributed by atoms with E-state index < -0.39 is 5.82 Å². The number of halogens is 1. The SMILES string of the molecule is COc1ccc(C#CCNC(=O)CN)c(F)c1. The van der Waals surface area contributed by atoms with Crippen LogP contribution in [0.4, 0.5) is 4.39 Å². The van der Waals surface area contributed by atoms with Crippen LogP contribution in [0.1, 0.15) is 5.56 Å². The third kappa shape index (κ3) is 4.13. The van der Waals surface area contributed by atoms with Gasteiger partial charge in [-0.15, -0.1) is 0 Å². The number of carbonyl (C=O) groups is 1. The van der Waals surface area contributed by atoms with Crippen LogP contribution in [-0.2, 0) is 4.79 Å². The molecule has 0 saturated carbocycles. The zero-order valence-corrected chi connectivity index (χ0v) is 9.42. The van der Waals surface area contributed by atoms with Crippen molar-refractivity contribution in [1.29, 1.82) is 0 Å². The lowest BCUT2D eigenvalue weighted by molar-refractivity contribution is -0.119. The summed E-state index contributed by atoms with van der Waals surface area (Å²) >= 11 is 0. The summed E-state index contributed by atoms with van der Waals surface area (Å²) in [6.07, 6.45) is 0. The number of ether oxygens (including phenoxy) is 1. The lowest BCUT2D eigenvalue weighted by Crippen LogP contribution is -2.30. The molecule has 17 heavy (non-hydrogen) atoms. The Labute approximate surface area is 99.0 Å². The van der Waals surface area contributed by atoms with E-state index in [0.717, 1.165) is 0 Å². The van der Waals surface area contributed by atoms with E-state index >= 15 is 0 Å². The van der Waals surface area contributed by atoms with E-state index in [1.165, 1.54) is 19.2 Å². The van der Waals surface area contributed by atoms with Crippen molar-refractivity contribution in [2.75, 3.05) is 20.2 Å². The number of hydrogen-bond acceptors (Lipinski definition) is 3. The Hall–Kier alpha value is -2.06. The van der Waals surface area contributed by atoms with Gasteiger partial charge in [0.25, 0.3) is 0 Å². The third-order valence-corrected chi connectivity index (χ3v) is 1.96. The highest BCUT2D eigenvalue weighted by molar-refractivity contribution is 5.77. The molecule has 0 atom stereocenters. The standard InChI is InChI=1S/C12H13FN2O2/c1-17-10-5-4-9(11(13)7-10)3-2-6-15-12(16)8-14/h4-5,7H,6,8,14H2,1H3,(H,15,16). The van der Waals surface area contributed by atoms with Crippen LogP contribution < -0.4 is 15.8 Å². The molecular formula is C12H13FN2O2. The normalized spacial score (nSPS) is 9.12. The Morgan fingerprint density at radius 2 is 2.35 bits per heavy atom. The highest BCUT2D eigenvalue weighted by Gasteiger charge is 2.00. The Bertz CT molecular complexity index is 463. The topological polar surface area (TPSA) is 64.3 Å². The van der Waals surface area contributed by atoms with Crippen LogP contribution in [-0.4, -0.2) is 26.1 Å². The van der Waals surface area contributed by atoms with E-state index in [4.69, 9.17) is 10.5 Å². The van der Waals surface area contributed by atoms with Crippen molar-refractivity contribution in [2.45, 2.75) is 0 Å². The van der Waals surface area contributed by atoms with Gasteiger partial charge in [-0.1, -0.05) is 11.8 Å². The van der Waals surface area contributed by atoms with Gasteiger partial charge in [-0.25, -0.2) is 4.39 Å². The second-order valence-electron chi connectivity index (χ2n) is 3.13. The molecule has 0 fully saturated rings. The molecule has 1 aromatic rings. The highest BCUT2D eigenvalue weighted by atomic mass is 19.1. The number of benzene rings is 1. The van der Waals surface area contributed by atoms with Crippen LogP contribution in [0, 0.1) is 17.7 Å². The minimum absolute atomic E-state index is 0.0847. The maximum absolute atomic E-state index is 13.4. The number of methoxy groups -OCH3 is 1. The monoisotopic (exact) mass is 236 g/mol. The van der Waals surface area contributed by atoms with Crippen molar-refractivity contribution >= 4 is 5.91 Å². The predicted octanol–water partition coefficient (Wildman–Crippen LogP) is 0.261. The maximum Gasteiger partial charge on any atom is 0.234 e. The Balaban J connectivity index is 2.63. The average molecular weight is 236 g/mol. The van der Waals surface area contributed by atoms with Gasteiger partial charge in [-0.2, -0.15) is 0 Å². The molecule has 0 aliphatic carbocycles. The van der Waals surface area contributed by atoms with Crippen molar-refractivity contribution < 1.29 is 13.9 Å². The molecule has 0 bridgehead atoms. The van der Waals surface area contributed by atoms with Gasteiger partial charge in [0.05, 0.1) is 25.8 Å². The fourth-order valence-electron chi connectivity index (χ4n) is 1.08. The summed E-state index contributed by atoms with van der Waals surface area (Å²) in [7, 11) is 1.46. The van der Waals surface area contributed by atoms with E-state index in [0.29, 0.717) is 5.75 Å². The summed E-state index contributed by atoms with van der Waals surface area (Å²) in [6.45, 7) is 0.0556. The smallest absolute Gasteiger partial charge is 0.234 e. The predicted molar refractivity (Wildman–Crippen MR) is 61.9 cm³/mol. The van der Waals surface area contributed by atoms with E-state index in [1.54, 1.807) is 6.07 Å². The molecule has 1 amide bonds. The molecule has 1 rings (SSSR count).